The van der Waals surface area contributed by atoms with Gasteiger partial charge in [0.15, 0.2) is 0 Å². The van der Waals surface area contributed by atoms with Crippen LogP contribution in [0, 0.1) is 22.7 Å². The number of halogens is 1. The van der Waals surface area contributed by atoms with Crippen molar-refractivity contribution in [3.05, 3.63) is 98.4 Å². The molecule has 37 heavy (non-hydrogen) atoms. The molecule has 0 fully saturated rings. The van der Waals surface area contributed by atoms with Gasteiger partial charge in [-0.1, -0.05) is 54.1 Å². The first kappa shape index (κ1) is 24.6. The average molecular weight is 524 g/mol. The van der Waals surface area contributed by atoms with Crippen LogP contribution in [0.5, 0.6) is 5.75 Å². The average Bonchev–Trinajstić information content (AvgIpc) is 3.28. The van der Waals surface area contributed by atoms with Crippen LogP contribution in [0.1, 0.15) is 40.0 Å². The van der Waals surface area contributed by atoms with E-state index in [9.17, 15) is 15.3 Å². The lowest BCUT2D eigenvalue weighted by Crippen LogP contribution is -2.13. The number of rotatable bonds is 6. The number of ether oxygens (including phenoxy) is 1. The summed E-state index contributed by atoms with van der Waals surface area (Å²) in [6, 6.07) is 23.2. The molecule has 1 aliphatic rings. The van der Waals surface area contributed by atoms with Crippen molar-refractivity contribution in [2.75, 3.05) is 5.32 Å². The molecule has 1 aromatic heterocycles. The quantitative estimate of drug-likeness (QED) is 0.210. The van der Waals surface area contributed by atoms with Gasteiger partial charge in [-0.2, -0.15) is 10.5 Å². The van der Waals surface area contributed by atoms with Crippen LogP contribution in [-0.4, -0.2) is 5.91 Å². The fourth-order valence-electron chi connectivity index (χ4n) is 4.53. The molecule has 1 aliphatic carbocycles. The Morgan fingerprint density at radius 1 is 1.05 bits per heavy atom. The second-order valence-electron chi connectivity index (χ2n) is 8.76. The van der Waals surface area contributed by atoms with Gasteiger partial charge in [0.2, 0.25) is 0 Å². The number of nitrogens with one attached hydrogen (secondary N) is 1. The van der Waals surface area contributed by atoms with Gasteiger partial charge in [-0.3, -0.25) is 4.79 Å². The summed E-state index contributed by atoms with van der Waals surface area (Å²) in [6.07, 6.45) is 5.43. The third-order valence-electron chi connectivity index (χ3n) is 6.40. The van der Waals surface area contributed by atoms with Gasteiger partial charge in [0.25, 0.3) is 5.91 Å². The van der Waals surface area contributed by atoms with Crippen molar-refractivity contribution in [2.45, 2.75) is 32.3 Å². The van der Waals surface area contributed by atoms with Crippen molar-refractivity contribution in [3.8, 4) is 17.9 Å². The molecule has 0 aliphatic heterocycles. The molecule has 1 heterocycles. The standard InChI is InChI=1S/C30H22ClN3O2S/c31-22-12-9-19(10-13-22)18-36-27-14-11-20-5-1-2-6-23(20)25(27)15-21(16-32)29(35)34-30-26(17-33)24-7-3-4-8-28(24)37-30/h1-2,5-6,9-15H,3-4,7-8,18H2,(H,34,35). The molecule has 0 atom stereocenters. The Kier molecular flexibility index (Phi) is 7.23. The Balaban J connectivity index is 1.49. The molecular weight excluding hydrogens is 502 g/mol. The van der Waals surface area contributed by atoms with E-state index in [0.717, 1.165) is 52.5 Å². The normalized spacial score (nSPS) is 12.9. The fourth-order valence-corrected chi connectivity index (χ4v) is 5.89. The zero-order valence-electron chi connectivity index (χ0n) is 19.9. The first-order chi connectivity index (χ1) is 18.1. The van der Waals surface area contributed by atoms with E-state index in [1.807, 2.05) is 54.6 Å². The van der Waals surface area contributed by atoms with E-state index in [0.29, 0.717) is 33.5 Å². The van der Waals surface area contributed by atoms with Crippen molar-refractivity contribution in [3.63, 3.8) is 0 Å². The van der Waals surface area contributed by atoms with E-state index >= 15 is 0 Å². The Labute approximate surface area is 224 Å². The number of carbonyl (C=O) groups is 1. The summed E-state index contributed by atoms with van der Waals surface area (Å²) < 4.78 is 6.14. The van der Waals surface area contributed by atoms with Crippen LogP contribution >= 0.6 is 22.9 Å². The minimum atomic E-state index is -0.547. The summed E-state index contributed by atoms with van der Waals surface area (Å²) in [6.45, 7) is 0.302. The SMILES string of the molecule is N#CC(=Cc1c(OCc2ccc(Cl)cc2)ccc2ccccc12)C(=O)Nc1sc2c(c1C#N)CCCC2. The predicted octanol–water partition coefficient (Wildman–Crippen LogP) is 7.43. The minimum absolute atomic E-state index is 0.0667. The Morgan fingerprint density at radius 2 is 1.84 bits per heavy atom. The second-order valence-corrected chi connectivity index (χ2v) is 10.3. The molecule has 1 N–H and O–H groups in total. The molecule has 5 rings (SSSR count). The van der Waals surface area contributed by atoms with Crippen LogP contribution < -0.4 is 10.1 Å². The number of carbonyl (C=O) groups excluding carboxylic acids is 1. The molecule has 182 valence electrons. The summed E-state index contributed by atoms with van der Waals surface area (Å²) in [5.74, 6) is 0.00711. The van der Waals surface area contributed by atoms with Gasteiger partial charge >= 0.3 is 0 Å². The summed E-state index contributed by atoms with van der Waals surface area (Å²) in [7, 11) is 0. The van der Waals surface area contributed by atoms with E-state index in [1.165, 1.54) is 11.3 Å². The van der Waals surface area contributed by atoms with Crippen molar-refractivity contribution in [2.24, 2.45) is 0 Å². The van der Waals surface area contributed by atoms with Crippen LogP contribution in [0.4, 0.5) is 5.00 Å². The van der Waals surface area contributed by atoms with Crippen LogP contribution in [0.15, 0.2) is 66.2 Å². The number of amides is 1. The highest BCUT2D eigenvalue weighted by molar-refractivity contribution is 7.16. The number of nitrogens with zero attached hydrogens (tertiary/aromatic N) is 2. The van der Waals surface area contributed by atoms with E-state index in [4.69, 9.17) is 16.3 Å². The lowest BCUT2D eigenvalue weighted by molar-refractivity contribution is -0.112. The number of thiophene rings is 1. The first-order valence-corrected chi connectivity index (χ1v) is 13.1. The molecule has 0 saturated heterocycles. The smallest absolute Gasteiger partial charge is 0.266 e. The summed E-state index contributed by atoms with van der Waals surface area (Å²) in [5.41, 5.74) is 3.06. The van der Waals surface area contributed by atoms with Gasteiger partial charge in [0.1, 0.15) is 35.1 Å². The molecular formula is C30H22ClN3O2S. The molecule has 0 unspecified atom stereocenters. The number of fused-ring (bicyclic) bond motifs is 2. The van der Waals surface area contributed by atoms with Crippen LogP contribution in [-0.2, 0) is 24.2 Å². The van der Waals surface area contributed by atoms with Crippen molar-refractivity contribution in [1.82, 2.24) is 0 Å². The van der Waals surface area contributed by atoms with Crippen molar-refractivity contribution in [1.29, 1.82) is 10.5 Å². The third-order valence-corrected chi connectivity index (χ3v) is 7.86. The minimum Gasteiger partial charge on any atom is -0.488 e. The Hall–Kier alpha value is -4.10. The summed E-state index contributed by atoms with van der Waals surface area (Å²) in [4.78, 5) is 14.4. The highest BCUT2D eigenvalue weighted by Gasteiger charge is 2.23. The zero-order valence-corrected chi connectivity index (χ0v) is 21.5. The van der Waals surface area contributed by atoms with Gasteiger partial charge in [0.05, 0.1) is 5.56 Å². The maximum atomic E-state index is 13.2. The van der Waals surface area contributed by atoms with E-state index in [2.05, 4.69) is 11.4 Å². The molecule has 3 aromatic carbocycles. The number of aryl methyl sites for hydroxylation is 1. The fraction of sp³-hybridized carbons (Fsp3) is 0.167. The monoisotopic (exact) mass is 523 g/mol. The number of nitriles is 2. The molecule has 5 nitrogen and oxygen atoms in total. The molecule has 7 heteroatoms. The van der Waals surface area contributed by atoms with Gasteiger partial charge in [-0.25, -0.2) is 0 Å². The highest BCUT2D eigenvalue weighted by Crippen LogP contribution is 2.38. The van der Waals surface area contributed by atoms with Crippen molar-refractivity contribution >= 4 is 50.7 Å². The molecule has 0 radical (unpaired) electrons. The number of hydrogen-bond donors (Lipinski definition) is 1. The van der Waals surface area contributed by atoms with Gasteiger partial charge in [-0.15, -0.1) is 11.3 Å². The number of hydrogen-bond acceptors (Lipinski definition) is 5. The molecule has 0 bridgehead atoms. The maximum Gasteiger partial charge on any atom is 0.266 e. The Morgan fingerprint density at radius 3 is 2.62 bits per heavy atom. The van der Waals surface area contributed by atoms with Gasteiger partial charge in [0, 0.05) is 15.5 Å². The lowest BCUT2D eigenvalue weighted by Gasteiger charge is -2.13. The van der Waals surface area contributed by atoms with Crippen LogP contribution in [0.3, 0.4) is 0 Å². The number of benzene rings is 3. The van der Waals surface area contributed by atoms with Crippen LogP contribution in [0.2, 0.25) is 5.02 Å². The van der Waals surface area contributed by atoms with Gasteiger partial charge < -0.3 is 10.1 Å². The lowest BCUT2D eigenvalue weighted by atomic mass is 9.96. The molecule has 0 saturated carbocycles. The first-order valence-electron chi connectivity index (χ1n) is 11.9. The second kappa shape index (κ2) is 10.9. The molecule has 0 spiro atoms. The summed E-state index contributed by atoms with van der Waals surface area (Å²) in [5, 5.41) is 25.5. The predicted molar refractivity (Wildman–Crippen MR) is 148 cm³/mol. The van der Waals surface area contributed by atoms with E-state index in [-0.39, 0.29) is 5.57 Å². The largest absolute Gasteiger partial charge is 0.488 e. The summed E-state index contributed by atoms with van der Waals surface area (Å²) >= 11 is 7.43. The number of anilines is 1. The molecule has 4 aromatic rings. The topological polar surface area (TPSA) is 85.9 Å². The van der Waals surface area contributed by atoms with Gasteiger partial charge in [-0.05, 0) is 71.9 Å². The van der Waals surface area contributed by atoms with Crippen LogP contribution in [0.25, 0.3) is 16.8 Å². The zero-order chi connectivity index (χ0) is 25.8. The third kappa shape index (κ3) is 5.22. The highest BCUT2D eigenvalue weighted by atomic mass is 35.5. The van der Waals surface area contributed by atoms with E-state index < -0.39 is 5.91 Å². The maximum absolute atomic E-state index is 13.2. The molecule has 1 amide bonds. The van der Waals surface area contributed by atoms with Crippen molar-refractivity contribution < 1.29 is 9.53 Å². The van der Waals surface area contributed by atoms with E-state index in [1.54, 1.807) is 18.2 Å². The Bertz CT molecular complexity index is 1610.